The Morgan fingerprint density at radius 1 is 1.23 bits per heavy atom. The summed E-state index contributed by atoms with van der Waals surface area (Å²) >= 11 is 0. The van der Waals surface area contributed by atoms with E-state index in [0.29, 0.717) is 5.75 Å². The minimum atomic E-state index is -0.642. The molecular formula is C15H13N3O4. The fourth-order valence-electron chi connectivity index (χ4n) is 1.74. The lowest BCUT2D eigenvalue weighted by Crippen LogP contribution is -2.18. The van der Waals surface area contributed by atoms with Crippen LogP contribution in [0.2, 0.25) is 0 Å². The van der Waals surface area contributed by atoms with Crippen molar-refractivity contribution in [3.8, 4) is 5.75 Å². The van der Waals surface area contributed by atoms with Crippen LogP contribution >= 0.6 is 0 Å². The van der Waals surface area contributed by atoms with Gasteiger partial charge in [0, 0.05) is 6.07 Å². The zero-order valence-electron chi connectivity index (χ0n) is 11.7. The summed E-state index contributed by atoms with van der Waals surface area (Å²) in [5, 5.41) is 14.6. The van der Waals surface area contributed by atoms with Crippen LogP contribution in [0.3, 0.4) is 0 Å². The van der Waals surface area contributed by atoms with Crippen molar-refractivity contribution in [2.24, 2.45) is 5.10 Å². The van der Waals surface area contributed by atoms with Crippen LogP contribution in [-0.4, -0.2) is 24.2 Å². The van der Waals surface area contributed by atoms with E-state index < -0.39 is 10.8 Å². The van der Waals surface area contributed by atoms with Gasteiger partial charge < -0.3 is 4.74 Å². The number of para-hydroxylation sites is 1. The van der Waals surface area contributed by atoms with E-state index in [1.165, 1.54) is 24.4 Å². The quantitative estimate of drug-likeness (QED) is 0.521. The summed E-state index contributed by atoms with van der Waals surface area (Å²) in [7, 11) is 1.57. The molecule has 1 N–H and O–H groups in total. The lowest BCUT2D eigenvalue weighted by molar-refractivity contribution is -0.385. The van der Waals surface area contributed by atoms with Crippen LogP contribution in [0.4, 0.5) is 5.69 Å². The summed E-state index contributed by atoms with van der Waals surface area (Å²) in [6, 6.07) is 12.7. The highest BCUT2D eigenvalue weighted by atomic mass is 16.6. The van der Waals surface area contributed by atoms with Crippen LogP contribution in [0.1, 0.15) is 15.9 Å². The molecule has 7 heteroatoms. The fraction of sp³-hybridized carbons (Fsp3) is 0.0667. The molecule has 112 valence electrons. The number of benzene rings is 2. The Balaban J connectivity index is 2.06. The first kappa shape index (κ1) is 15.2. The third kappa shape index (κ3) is 3.66. The highest BCUT2D eigenvalue weighted by molar-refractivity contribution is 5.98. The summed E-state index contributed by atoms with van der Waals surface area (Å²) in [6.45, 7) is 0. The number of hydrogen-bond acceptors (Lipinski definition) is 5. The van der Waals surface area contributed by atoms with Crippen molar-refractivity contribution in [2.45, 2.75) is 0 Å². The molecule has 2 aromatic rings. The van der Waals surface area contributed by atoms with E-state index >= 15 is 0 Å². The standard InChI is InChI=1S/C15H13N3O4/c1-22-12-8-6-11(7-9-12)10-16-17-15(19)13-4-2-3-5-14(13)18(20)21/h2-10H,1H3,(H,17,19). The average molecular weight is 299 g/mol. The Morgan fingerprint density at radius 2 is 1.91 bits per heavy atom. The lowest BCUT2D eigenvalue weighted by Gasteiger charge is -2.01. The van der Waals surface area contributed by atoms with E-state index in [4.69, 9.17) is 4.74 Å². The van der Waals surface area contributed by atoms with E-state index in [9.17, 15) is 14.9 Å². The zero-order chi connectivity index (χ0) is 15.9. The number of nitrogens with zero attached hydrogens (tertiary/aromatic N) is 2. The van der Waals surface area contributed by atoms with Gasteiger partial charge in [0.25, 0.3) is 11.6 Å². The van der Waals surface area contributed by atoms with Gasteiger partial charge in [-0.25, -0.2) is 5.43 Å². The van der Waals surface area contributed by atoms with Crippen LogP contribution in [0.25, 0.3) is 0 Å². The van der Waals surface area contributed by atoms with Crippen molar-refractivity contribution < 1.29 is 14.5 Å². The summed E-state index contributed by atoms with van der Waals surface area (Å²) in [5.74, 6) is 0.0677. The number of carbonyl (C=O) groups excluding carboxylic acids is 1. The van der Waals surface area contributed by atoms with Crippen LogP contribution in [0.5, 0.6) is 5.75 Å². The Hall–Kier alpha value is -3.22. The number of hydrazone groups is 1. The average Bonchev–Trinajstić information content (AvgIpc) is 2.55. The van der Waals surface area contributed by atoms with Gasteiger partial charge in [0.1, 0.15) is 11.3 Å². The largest absolute Gasteiger partial charge is 0.497 e. The number of amides is 1. The topological polar surface area (TPSA) is 93.8 Å². The van der Waals surface area contributed by atoms with Gasteiger partial charge in [0.15, 0.2) is 0 Å². The monoisotopic (exact) mass is 299 g/mol. The maximum absolute atomic E-state index is 11.9. The Kier molecular flexibility index (Phi) is 4.81. The number of nitro benzene ring substituents is 1. The summed E-state index contributed by atoms with van der Waals surface area (Å²) in [6.07, 6.45) is 1.44. The van der Waals surface area contributed by atoms with Gasteiger partial charge in [-0.05, 0) is 35.9 Å². The minimum Gasteiger partial charge on any atom is -0.497 e. The molecule has 7 nitrogen and oxygen atoms in total. The van der Waals surface area contributed by atoms with Crippen molar-refractivity contribution in [3.05, 3.63) is 69.8 Å². The number of methoxy groups -OCH3 is 1. The third-order valence-electron chi connectivity index (χ3n) is 2.84. The highest BCUT2D eigenvalue weighted by Crippen LogP contribution is 2.17. The Bertz CT molecular complexity index is 711. The minimum absolute atomic E-state index is 0.0422. The molecule has 0 aliphatic carbocycles. The molecule has 0 unspecified atom stereocenters. The van der Waals surface area contributed by atoms with Gasteiger partial charge >= 0.3 is 0 Å². The number of rotatable bonds is 5. The summed E-state index contributed by atoms with van der Waals surface area (Å²) in [5.41, 5.74) is 2.71. The lowest BCUT2D eigenvalue weighted by atomic mass is 10.2. The second-order valence-electron chi connectivity index (χ2n) is 4.25. The number of nitrogens with one attached hydrogen (secondary N) is 1. The molecule has 0 radical (unpaired) electrons. The maximum Gasteiger partial charge on any atom is 0.282 e. The highest BCUT2D eigenvalue weighted by Gasteiger charge is 2.18. The van der Waals surface area contributed by atoms with E-state index in [-0.39, 0.29) is 11.3 Å². The molecule has 0 aliphatic rings. The Labute approximate surface area is 126 Å². The second kappa shape index (κ2) is 6.98. The number of hydrogen-bond donors (Lipinski definition) is 1. The molecule has 0 heterocycles. The smallest absolute Gasteiger partial charge is 0.282 e. The third-order valence-corrected chi connectivity index (χ3v) is 2.84. The molecule has 22 heavy (non-hydrogen) atoms. The molecular weight excluding hydrogens is 286 g/mol. The molecule has 0 aliphatic heterocycles. The van der Waals surface area contributed by atoms with E-state index in [1.54, 1.807) is 37.4 Å². The van der Waals surface area contributed by atoms with Crippen molar-refractivity contribution in [1.82, 2.24) is 5.43 Å². The normalized spacial score (nSPS) is 10.4. The molecule has 0 atom stereocenters. The van der Waals surface area contributed by atoms with Crippen LogP contribution < -0.4 is 10.2 Å². The predicted molar refractivity (Wildman–Crippen MR) is 81.2 cm³/mol. The maximum atomic E-state index is 11.9. The molecule has 0 bridgehead atoms. The first-order chi connectivity index (χ1) is 10.6. The number of carbonyl (C=O) groups is 1. The first-order valence-electron chi connectivity index (χ1n) is 6.32. The van der Waals surface area contributed by atoms with Gasteiger partial charge in [0.05, 0.1) is 18.2 Å². The van der Waals surface area contributed by atoms with Gasteiger partial charge in [-0.1, -0.05) is 12.1 Å². The Morgan fingerprint density at radius 3 is 2.55 bits per heavy atom. The van der Waals surface area contributed by atoms with Gasteiger partial charge in [0.2, 0.25) is 0 Å². The summed E-state index contributed by atoms with van der Waals surface area (Å²) < 4.78 is 5.03. The number of nitro groups is 1. The molecule has 0 fully saturated rings. The molecule has 0 saturated carbocycles. The molecule has 2 aromatic carbocycles. The van der Waals surface area contributed by atoms with Crippen molar-refractivity contribution in [3.63, 3.8) is 0 Å². The van der Waals surface area contributed by atoms with E-state index in [1.807, 2.05) is 0 Å². The van der Waals surface area contributed by atoms with Gasteiger partial charge in [-0.2, -0.15) is 5.10 Å². The predicted octanol–water partition coefficient (Wildman–Crippen LogP) is 2.37. The molecule has 0 spiro atoms. The molecule has 2 rings (SSSR count). The van der Waals surface area contributed by atoms with Crippen LogP contribution in [0.15, 0.2) is 53.6 Å². The SMILES string of the molecule is COc1ccc(C=NNC(=O)c2ccccc2[N+](=O)[O-])cc1. The molecule has 1 amide bonds. The molecule has 0 aromatic heterocycles. The zero-order valence-corrected chi connectivity index (χ0v) is 11.7. The second-order valence-corrected chi connectivity index (χ2v) is 4.25. The molecule has 0 saturated heterocycles. The summed E-state index contributed by atoms with van der Waals surface area (Å²) in [4.78, 5) is 22.2. The van der Waals surface area contributed by atoms with Gasteiger partial charge in [-0.15, -0.1) is 0 Å². The van der Waals surface area contributed by atoms with E-state index in [2.05, 4.69) is 10.5 Å². The first-order valence-corrected chi connectivity index (χ1v) is 6.32. The van der Waals surface area contributed by atoms with E-state index in [0.717, 1.165) is 5.56 Å². The van der Waals surface area contributed by atoms with Crippen molar-refractivity contribution >= 4 is 17.8 Å². The number of ether oxygens (including phenoxy) is 1. The fourth-order valence-corrected chi connectivity index (χ4v) is 1.74. The van der Waals surface area contributed by atoms with Crippen LogP contribution in [-0.2, 0) is 0 Å². The van der Waals surface area contributed by atoms with Gasteiger partial charge in [-0.3, -0.25) is 14.9 Å². The van der Waals surface area contributed by atoms with Crippen LogP contribution in [0, 0.1) is 10.1 Å². The van der Waals surface area contributed by atoms with Crippen molar-refractivity contribution in [2.75, 3.05) is 7.11 Å². The van der Waals surface area contributed by atoms with Crippen molar-refractivity contribution in [1.29, 1.82) is 0 Å².